The third kappa shape index (κ3) is 1.39. The minimum atomic E-state index is 0.134. The van der Waals surface area contributed by atoms with E-state index in [1.807, 2.05) is 34.4 Å². The van der Waals surface area contributed by atoms with Crippen molar-refractivity contribution < 1.29 is 4.79 Å². The molecule has 3 heterocycles. The number of hydrogen-bond donors (Lipinski definition) is 0. The fourth-order valence-electron chi connectivity index (χ4n) is 3.71. The first kappa shape index (κ1) is 11.5. The van der Waals surface area contributed by atoms with Crippen molar-refractivity contribution in [2.45, 2.75) is 12.5 Å². The topological polar surface area (TPSA) is 20.3 Å². The van der Waals surface area contributed by atoms with Crippen LogP contribution in [-0.4, -0.2) is 17.4 Å². The Morgan fingerprint density at radius 1 is 1.05 bits per heavy atom. The molecule has 21 heavy (non-hydrogen) atoms. The fourth-order valence-corrected chi connectivity index (χ4v) is 5.10. The van der Waals surface area contributed by atoms with E-state index in [0.29, 0.717) is 0 Å². The van der Waals surface area contributed by atoms with Crippen LogP contribution in [0.5, 0.6) is 0 Å². The summed E-state index contributed by atoms with van der Waals surface area (Å²) in [5, 5.41) is 1.37. The molecule has 1 amide bonds. The number of carbonyl (C=O) groups is 1. The van der Waals surface area contributed by atoms with Crippen molar-refractivity contribution in [1.29, 1.82) is 0 Å². The van der Waals surface area contributed by atoms with Gasteiger partial charge in [0.25, 0.3) is 5.91 Å². The van der Waals surface area contributed by atoms with E-state index >= 15 is 0 Å². The second-order valence-electron chi connectivity index (χ2n) is 5.68. The van der Waals surface area contributed by atoms with E-state index in [1.54, 1.807) is 0 Å². The van der Waals surface area contributed by atoms with Gasteiger partial charge in [0.2, 0.25) is 0 Å². The van der Waals surface area contributed by atoms with Gasteiger partial charge >= 0.3 is 0 Å². The van der Waals surface area contributed by atoms with E-state index in [-0.39, 0.29) is 11.9 Å². The van der Waals surface area contributed by atoms with Crippen molar-refractivity contribution >= 4 is 27.3 Å². The highest BCUT2D eigenvalue weighted by Crippen LogP contribution is 2.47. The third-order valence-electron chi connectivity index (χ3n) is 4.64. The van der Waals surface area contributed by atoms with Gasteiger partial charge in [-0.1, -0.05) is 36.4 Å². The molecule has 2 aromatic carbocycles. The molecule has 0 N–H and O–H groups in total. The lowest BCUT2D eigenvalue weighted by atomic mass is 9.95. The first-order valence-corrected chi connectivity index (χ1v) is 8.06. The molecule has 0 saturated heterocycles. The van der Waals surface area contributed by atoms with Crippen LogP contribution < -0.4 is 0 Å². The number of amides is 1. The average molecular weight is 291 g/mol. The van der Waals surface area contributed by atoms with E-state index in [1.165, 1.54) is 26.1 Å². The summed E-state index contributed by atoms with van der Waals surface area (Å²) in [4.78, 5) is 16.0. The number of thiophene rings is 1. The highest BCUT2D eigenvalue weighted by Gasteiger charge is 2.41. The predicted molar refractivity (Wildman–Crippen MR) is 84.9 cm³/mol. The number of rotatable bonds is 0. The molecule has 0 radical (unpaired) electrons. The van der Waals surface area contributed by atoms with Crippen molar-refractivity contribution in [2.75, 3.05) is 6.54 Å². The summed E-state index contributed by atoms with van der Waals surface area (Å²) in [6.07, 6.45) is 0.968. The summed E-state index contributed by atoms with van der Waals surface area (Å²) in [5.41, 5.74) is 3.50. The smallest absolute Gasteiger partial charge is 0.255 e. The first-order chi connectivity index (χ1) is 10.3. The maximum Gasteiger partial charge on any atom is 0.255 e. The molecule has 0 fully saturated rings. The molecule has 0 spiro atoms. The molecule has 0 aliphatic carbocycles. The number of carbonyl (C=O) groups excluding carboxylic acids is 1. The Morgan fingerprint density at radius 2 is 1.86 bits per heavy atom. The maximum absolute atomic E-state index is 12.6. The molecule has 102 valence electrons. The van der Waals surface area contributed by atoms with Crippen molar-refractivity contribution in [2.24, 2.45) is 0 Å². The van der Waals surface area contributed by atoms with Crippen LogP contribution in [0, 0.1) is 0 Å². The molecule has 5 rings (SSSR count). The zero-order valence-corrected chi connectivity index (χ0v) is 12.2. The van der Waals surface area contributed by atoms with Crippen LogP contribution in [0.25, 0.3) is 10.1 Å². The van der Waals surface area contributed by atoms with Crippen molar-refractivity contribution in [3.8, 4) is 0 Å². The maximum atomic E-state index is 12.6. The van der Waals surface area contributed by atoms with Crippen LogP contribution in [0.2, 0.25) is 0 Å². The van der Waals surface area contributed by atoms with Gasteiger partial charge in [0.1, 0.15) is 0 Å². The standard InChI is InChI=1S/C18H13NOS/c20-18-14-7-2-1-6-12(14)16-17-13(9-10-19(16)18)11-5-3-4-8-15(11)21-17/h1-8,16H,9-10H2. The summed E-state index contributed by atoms with van der Waals surface area (Å²) in [5.74, 6) is 0.193. The van der Waals surface area contributed by atoms with Gasteiger partial charge in [-0.2, -0.15) is 0 Å². The van der Waals surface area contributed by atoms with Crippen LogP contribution in [-0.2, 0) is 6.42 Å². The highest BCUT2D eigenvalue weighted by molar-refractivity contribution is 7.19. The molecule has 1 unspecified atom stereocenters. The van der Waals surface area contributed by atoms with Crippen LogP contribution in [0.1, 0.15) is 32.4 Å². The van der Waals surface area contributed by atoms with Gasteiger partial charge < -0.3 is 4.90 Å². The van der Waals surface area contributed by atoms with Gasteiger partial charge in [0.05, 0.1) is 6.04 Å². The lowest BCUT2D eigenvalue weighted by Crippen LogP contribution is -2.34. The van der Waals surface area contributed by atoms with Gasteiger partial charge in [0.15, 0.2) is 0 Å². The van der Waals surface area contributed by atoms with Crippen molar-refractivity contribution in [3.63, 3.8) is 0 Å². The molecular formula is C18H13NOS. The molecule has 0 bridgehead atoms. The number of benzene rings is 2. The minimum Gasteiger partial charge on any atom is -0.326 e. The Bertz CT molecular complexity index is 895. The lowest BCUT2D eigenvalue weighted by Gasteiger charge is -2.30. The lowest BCUT2D eigenvalue weighted by molar-refractivity contribution is 0.0743. The van der Waals surface area contributed by atoms with E-state index < -0.39 is 0 Å². The summed E-state index contributed by atoms with van der Waals surface area (Å²) in [6, 6.07) is 16.8. The van der Waals surface area contributed by atoms with E-state index in [4.69, 9.17) is 0 Å². The predicted octanol–water partition coefficient (Wildman–Crippen LogP) is 4.00. The monoisotopic (exact) mass is 291 g/mol. The molecule has 0 saturated carbocycles. The molecule has 3 heteroatoms. The zero-order chi connectivity index (χ0) is 14.0. The molecule has 3 aromatic rings. The first-order valence-electron chi connectivity index (χ1n) is 7.25. The van der Waals surface area contributed by atoms with Crippen LogP contribution in [0.4, 0.5) is 0 Å². The second-order valence-corrected chi connectivity index (χ2v) is 6.76. The molecule has 1 aromatic heterocycles. The molecule has 2 aliphatic rings. The van der Waals surface area contributed by atoms with Gasteiger partial charge in [-0.25, -0.2) is 0 Å². The molecular weight excluding hydrogens is 278 g/mol. The molecule has 1 atom stereocenters. The number of nitrogens with zero attached hydrogens (tertiary/aromatic N) is 1. The van der Waals surface area contributed by atoms with Gasteiger partial charge in [0, 0.05) is 21.7 Å². The quantitative estimate of drug-likeness (QED) is 0.613. The summed E-state index contributed by atoms with van der Waals surface area (Å²) >= 11 is 1.85. The largest absolute Gasteiger partial charge is 0.326 e. The Hall–Kier alpha value is -2.13. The minimum absolute atomic E-state index is 0.134. The summed E-state index contributed by atoms with van der Waals surface area (Å²) in [7, 11) is 0. The van der Waals surface area contributed by atoms with Gasteiger partial charge in [-0.05, 0) is 35.1 Å². The van der Waals surface area contributed by atoms with E-state index in [0.717, 1.165) is 18.5 Å². The van der Waals surface area contributed by atoms with Crippen LogP contribution in [0.3, 0.4) is 0 Å². The molecule has 2 nitrogen and oxygen atoms in total. The highest BCUT2D eigenvalue weighted by atomic mass is 32.1. The van der Waals surface area contributed by atoms with E-state index in [2.05, 4.69) is 30.3 Å². The SMILES string of the molecule is O=C1c2ccccc2C2c3sc4ccccc4c3CCN12. The van der Waals surface area contributed by atoms with Crippen LogP contribution in [0.15, 0.2) is 48.5 Å². The summed E-state index contributed by atoms with van der Waals surface area (Å²) < 4.78 is 1.33. The van der Waals surface area contributed by atoms with Crippen molar-refractivity contribution in [1.82, 2.24) is 4.90 Å². The Kier molecular flexibility index (Phi) is 2.17. The van der Waals surface area contributed by atoms with Gasteiger partial charge in [-0.3, -0.25) is 4.79 Å². The Balaban J connectivity index is 1.81. The van der Waals surface area contributed by atoms with Crippen molar-refractivity contribution in [3.05, 3.63) is 70.1 Å². The van der Waals surface area contributed by atoms with Crippen LogP contribution >= 0.6 is 11.3 Å². The number of fused-ring (bicyclic) bond motifs is 7. The molecule has 2 aliphatic heterocycles. The average Bonchev–Trinajstić information content (AvgIpc) is 3.04. The number of hydrogen-bond acceptors (Lipinski definition) is 2. The van der Waals surface area contributed by atoms with Gasteiger partial charge in [-0.15, -0.1) is 11.3 Å². The normalized spacial score (nSPS) is 19.5. The Labute approximate surface area is 126 Å². The second kappa shape index (κ2) is 3.95. The zero-order valence-electron chi connectivity index (χ0n) is 11.4. The van der Waals surface area contributed by atoms with E-state index in [9.17, 15) is 4.79 Å². The third-order valence-corrected chi connectivity index (χ3v) is 5.90. The summed E-state index contributed by atoms with van der Waals surface area (Å²) in [6.45, 7) is 0.825. The Morgan fingerprint density at radius 3 is 2.81 bits per heavy atom. The fraction of sp³-hybridized carbons (Fsp3) is 0.167.